The molecule has 1 rings (SSSR count). The van der Waals surface area contributed by atoms with Gasteiger partial charge in [-0.25, -0.2) is 9.18 Å². The lowest BCUT2D eigenvalue weighted by atomic mass is 10.2. The van der Waals surface area contributed by atoms with Gasteiger partial charge in [0.2, 0.25) is 0 Å². The van der Waals surface area contributed by atoms with Crippen LogP contribution in [0.15, 0.2) is 23.1 Å². The van der Waals surface area contributed by atoms with Crippen LogP contribution in [0.3, 0.4) is 0 Å². The minimum atomic E-state index is -1.26. The molecule has 0 saturated carbocycles. The van der Waals surface area contributed by atoms with Gasteiger partial charge in [-0.1, -0.05) is 0 Å². The maximum atomic E-state index is 13.0. The predicted molar refractivity (Wildman–Crippen MR) is 57.5 cm³/mol. The number of benzene rings is 1. The van der Waals surface area contributed by atoms with Crippen molar-refractivity contribution < 1.29 is 14.3 Å². The molecule has 1 aromatic rings. The average molecular weight is 224 g/mol. The molecule has 0 fully saturated rings. The summed E-state index contributed by atoms with van der Waals surface area (Å²) in [6, 6.07) is 4.02. The zero-order valence-electron chi connectivity index (χ0n) is 7.87. The Labute approximate surface area is 91.5 Å². The summed E-state index contributed by atoms with van der Waals surface area (Å²) in [5.74, 6) is 1.19. The van der Waals surface area contributed by atoms with E-state index in [0.717, 1.165) is 6.07 Å². The highest BCUT2D eigenvalue weighted by molar-refractivity contribution is 7.99. The van der Waals surface area contributed by atoms with Crippen LogP contribution in [0.5, 0.6) is 0 Å². The largest absolute Gasteiger partial charge is 0.478 e. The molecule has 0 aromatic heterocycles. The number of carboxylic acids is 1. The molecule has 1 aromatic carbocycles. The van der Waals surface area contributed by atoms with Crippen LogP contribution in [-0.2, 0) is 0 Å². The van der Waals surface area contributed by atoms with Crippen molar-refractivity contribution in [1.82, 2.24) is 0 Å². The standard InChI is InChI=1S/C11H9FO2S/c1-2-3-6-15-8-4-5-10(12)9(7-8)11(13)14/h1,4-5,7H,3,6H2,(H,13,14). The molecule has 0 amide bonds. The average Bonchev–Trinajstić information content (AvgIpc) is 2.20. The second-order valence-electron chi connectivity index (χ2n) is 2.75. The number of halogens is 1. The monoisotopic (exact) mass is 224 g/mol. The summed E-state index contributed by atoms with van der Waals surface area (Å²) < 4.78 is 13.0. The summed E-state index contributed by atoms with van der Waals surface area (Å²) in [5.41, 5.74) is -0.305. The van der Waals surface area contributed by atoms with E-state index in [1.807, 2.05) is 0 Å². The first-order chi connectivity index (χ1) is 7.15. The van der Waals surface area contributed by atoms with Gasteiger partial charge in [-0.15, -0.1) is 24.1 Å². The molecule has 0 radical (unpaired) electrons. The third kappa shape index (κ3) is 3.30. The molecule has 0 saturated heterocycles. The normalized spacial score (nSPS) is 9.60. The molecular weight excluding hydrogens is 215 g/mol. The number of carbonyl (C=O) groups is 1. The van der Waals surface area contributed by atoms with E-state index in [-0.39, 0.29) is 5.56 Å². The second kappa shape index (κ2) is 5.42. The third-order valence-electron chi connectivity index (χ3n) is 1.68. The quantitative estimate of drug-likeness (QED) is 0.485. The first kappa shape index (κ1) is 11.6. The molecule has 0 aliphatic rings. The van der Waals surface area contributed by atoms with Crippen LogP contribution in [0.1, 0.15) is 16.8 Å². The van der Waals surface area contributed by atoms with Crippen molar-refractivity contribution in [3.8, 4) is 12.3 Å². The van der Waals surface area contributed by atoms with Gasteiger partial charge in [0.05, 0.1) is 5.56 Å². The van der Waals surface area contributed by atoms with Crippen LogP contribution in [0, 0.1) is 18.2 Å². The second-order valence-corrected chi connectivity index (χ2v) is 3.92. The highest BCUT2D eigenvalue weighted by Gasteiger charge is 2.10. The summed E-state index contributed by atoms with van der Waals surface area (Å²) in [7, 11) is 0. The highest BCUT2D eigenvalue weighted by Crippen LogP contribution is 2.21. The van der Waals surface area contributed by atoms with Crippen molar-refractivity contribution in [3.05, 3.63) is 29.6 Å². The SMILES string of the molecule is C#CCCSc1ccc(F)c(C(=O)O)c1. The third-order valence-corrected chi connectivity index (χ3v) is 2.68. The van der Waals surface area contributed by atoms with E-state index >= 15 is 0 Å². The van der Waals surface area contributed by atoms with Crippen LogP contribution < -0.4 is 0 Å². The van der Waals surface area contributed by atoms with Crippen LogP contribution in [0.2, 0.25) is 0 Å². The summed E-state index contributed by atoms with van der Waals surface area (Å²) in [5, 5.41) is 8.68. The number of thioether (sulfide) groups is 1. The van der Waals surface area contributed by atoms with Crippen molar-refractivity contribution in [1.29, 1.82) is 0 Å². The smallest absolute Gasteiger partial charge is 0.338 e. The Morgan fingerprint density at radius 2 is 2.33 bits per heavy atom. The molecule has 0 atom stereocenters. The fraction of sp³-hybridized carbons (Fsp3) is 0.182. The van der Waals surface area contributed by atoms with Crippen LogP contribution in [0.4, 0.5) is 4.39 Å². The molecule has 2 nitrogen and oxygen atoms in total. The number of hydrogen-bond donors (Lipinski definition) is 1. The van der Waals surface area contributed by atoms with Crippen molar-refractivity contribution in [2.75, 3.05) is 5.75 Å². The highest BCUT2D eigenvalue weighted by atomic mass is 32.2. The fourth-order valence-electron chi connectivity index (χ4n) is 0.986. The van der Waals surface area contributed by atoms with E-state index in [9.17, 15) is 9.18 Å². The maximum Gasteiger partial charge on any atom is 0.338 e. The summed E-state index contributed by atoms with van der Waals surface area (Å²) in [6.07, 6.45) is 5.68. The molecule has 78 valence electrons. The first-order valence-corrected chi connectivity index (χ1v) is 5.23. The summed E-state index contributed by atoms with van der Waals surface area (Å²) >= 11 is 1.41. The van der Waals surface area contributed by atoms with Crippen molar-refractivity contribution in [2.45, 2.75) is 11.3 Å². The Morgan fingerprint density at radius 3 is 2.93 bits per heavy atom. The molecule has 0 spiro atoms. The Hall–Kier alpha value is -1.47. The number of rotatable bonds is 4. The number of hydrogen-bond acceptors (Lipinski definition) is 2. The minimum absolute atomic E-state index is 0.305. The Balaban J connectivity index is 2.79. The molecule has 4 heteroatoms. The molecule has 0 heterocycles. The van der Waals surface area contributed by atoms with Gasteiger partial charge in [0.1, 0.15) is 5.82 Å². The molecular formula is C11H9FO2S. The Kier molecular flexibility index (Phi) is 4.19. The van der Waals surface area contributed by atoms with E-state index < -0.39 is 11.8 Å². The van der Waals surface area contributed by atoms with Crippen molar-refractivity contribution in [2.24, 2.45) is 0 Å². The molecule has 0 unspecified atom stereocenters. The van der Waals surface area contributed by atoms with E-state index in [2.05, 4.69) is 5.92 Å². The molecule has 0 aliphatic heterocycles. The first-order valence-electron chi connectivity index (χ1n) is 4.24. The van der Waals surface area contributed by atoms with E-state index in [1.54, 1.807) is 6.07 Å². The van der Waals surface area contributed by atoms with Gasteiger partial charge >= 0.3 is 5.97 Å². The number of carboxylic acid groups (broad SMARTS) is 1. The van der Waals surface area contributed by atoms with Gasteiger partial charge in [-0.2, -0.15) is 0 Å². The lowest BCUT2D eigenvalue weighted by Gasteiger charge is -2.02. The Morgan fingerprint density at radius 1 is 1.60 bits per heavy atom. The molecule has 0 bridgehead atoms. The lowest BCUT2D eigenvalue weighted by molar-refractivity contribution is 0.0691. The lowest BCUT2D eigenvalue weighted by Crippen LogP contribution is -2.00. The van der Waals surface area contributed by atoms with Gasteiger partial charge in [0.25, 0.3) is 0 Å². The number of terminal acetylenes is 1. The van der Waals surface area contributed by atoms with E-state index in [1.165, 1.54) is 17.8 Å². The molecule has 0 aliphatic carbocycles. The van der Waals surface area contributed by atoms with Crippen LogP contribution in [0.25, 0.3) is 0 Å². The summed E-state index contributed by atoms with van der Waals surface area (Å²) in [6.45, 7) is 0. The van der Waals surface area contributed by atoms with E-state index in [4.69, 9.17) is 11.5 Å². The van der Waals surface area contributed by atoms with Crippen molar-refractivity contribution >= 4 is 17.7 Å². The molecule has 1 N–H and O–H groups in total. The van der Waals surface area contributed by atoms with Gasteiger partial charge < -0.3 is 5.11 Å². The van der Waals surface area contributed by atoms with Crippen molar-refractivity contribution in [3.63, 3.8) is 0 Å². The van der Waals surface area contributed by atoms with E-state index in [0.29, 0.717) is 17.1 Å². The maximum absolute atomic E-state index is 13.0. The van der Waals surface area contributed by atoms with Gasteiger partial charge in [-0.3, -0.25) is 0 Å². The Bertz CT molecular complexity index is 410. The zero-order chi connectivity index (χ0) is 11.3. The van der Waals surface area contributed by atoms with Gasteiger partial charge in [0, 0.05) is 17.1 Å². The fourth-order valence-corrected chi connectivity index (χ4v) is 1.81. The van der Waals surface area contributed by atoms with Crippen LogP contribution in [-0.4, -0.2) is 16.8 Å². The van der Waals surface area contributed by atoms with Gasteiger partial charge in [0.15, 0.2) is 0 Å². The zero-order valence-corrected chi connectivity index (χ0v) is 8.68. The number of aromatic carboxylic acids is 1. The summed E-state index contributed by atoms with van der Waals surface area (Å²) in [4.78, 5) is 11.3. The molecule has 15 heavy (non-hydrogen) atoms. The van der Waals surface area contributed by atoms with Crippen LogP contribution >= 0.6 is 11.8 Å². The van der Waals surface area contributed by atoms with Gasteiger partial charge in [-0.05, 0) is 18.2 Å². The predicted octanol–water partition coefficient (Wildman–Crippen LogP) is 2.64. The topological polar surface area (TPSA) is 37.3 Å². The minimum Gasteiger partial charge on any atom is -0.478 e.